The molecule has 0 radical (unpaired) electrons. The molecule has 0 unspecified atom stereocenters. The minimum absolute atomic E-state index is 0.127. The number of halogens is 3. The standard InChI is InChI=1S/C11H5F3N4O2/c12-11(13,14)10-2-1-8(3-7(10)4-15)17-6-9(5-16-17)18(19)20/h1-3,5-6H. The maximum atomic E-state index is 12.6. The Hall–Kier alpha value is -2.89. The lowest BCUT2D eigenvalue weighted by Gasteiger charge is -2.09. The van der Waals surface area contributed by atoms with Crippen LogP contribution in [-0.4, -0.2) is 14.7 Å². The third-order valence-electron chi connectivity index (χ3n) is 2.47. The maximum Gasteiger partial charge on any atom is 0.417 e. The number of rotatable bonds is 2. The second-order valence-corrected chi connectivity index (χ2v) is 3.74. The number of hydrogen-bond acceptors (Lipinski definition) is 4. The minimum Gasteiger partial charge on any atom is -0.258 e. The van der Waals surface area contributed by atoms with Gasteiger partial charge in [-0.15, -0.1) is 0 Å². The van der Waals surface area contributed by atoms with Gasteiger partial charge in [-0.2, -0.15) is 23.5 Å². The molecule has 0 aliphatic carbocycles. The molecule has 9 heteroatoms. The molecule has 0 saturated carbocycles. The van der Waals surface area contributed by atoms with Gasteiger partial charge in [0.1, 0.15) is 12.4 Å². The normalized spacial score (nSPS) is 11.1. The third kappa shape index (κ3) is 2.44. The lowest BCUT2D eigenvalue weighted by atomic mass is 10.1. The number of benzene rings is 1. The smallest absolute Gasteiger partial charge is 0.258 e. The van der Waals surface area contributed by atoms with Crippen LogP contribution in [0.15, 0.2) is 30.6 Å². The quantitative estimate of drug-likeness (QED) is 0.626. The second-order valence-electron chi connectivity index (χ2n) is 3.74. The van der Waals surface area contributed by atoms with Crippen molar-refractivity contribution in [2.45, 2.75) is 6.18 Å². The first-order chi connectivity index (χ1) is 9.32. The van der Waals surface area contributed by atoms with Crippen molar-refractivity contribution in [1.82, 2.24) is 9.78 Å². The fraction of sp³-hybridized carbons (Fsp3) is 0.0909. The Balaban J connectivity index is 2.49. The minimum atomic E-state index is -4.64. The van der Waals surface area contributed by atoms with Crippen LogP contribution in [0.5, 0.6) is 0 Å². The van der Waals surface area contributed by atoms with Gasteiger partial charge in [-0.05, 0) is 18.2 Å². The van der Waals surface area contributed by atoms with E-state index >= 15 is 0 Å². The fourth-order valence-electron chi connectivity index (χ4n) is 1.56. The Bertz CT molecular complexity index is 715. The summed E-state index contributed by atoms with van der Waals surface area (Å²) in [5.74, 6) is 0. The summed E-state index contributed by atoms with van der Waals surface area (Å²) >= 11 is 0. The Morgan fingerprint density at radius 1 is 1.40 bits per heavy atom. The Labute approximate surface area is 109 Å². The van der Waals surface area contributed by atoms with Crippen molar-refractivity contribution in [3.8, 4) is 11.8 Å². The molecular formula is C11H5F3N4O2. The molecule has 0 amide bonds. The highest BCUT2D eigenvalue weighted by Gasteiger charge is 2.33. The van der Waals surface area contributed by atoms with Gasteiger partial charge in [0.2, 0.25) is 0 Å². The largest absolute Gasteiger partial charge is 0.417 e. The average molecular weight is 282 g/mol. The first-order valence-electron chi connectivity index (χ1n) is 5.13. The SMILES string of the molecule is N#Cc1cc(-n2cc([N+](=O)[O-])cn2)ccc1C(F)(F)F. The van der Waals surface area contributed by atoms with E-state index in [0.29, 0.717) is 0 Å². The van der Waals surface area contributed by atoms with Crippen molar-refractivity contribution in [1.29, 1.82) is 5.26 Å². The molecule has 2 aromatic rings. The molecule has 1 heterocycles. The summed E-state index contributed by atoms with van der Waals surface area (Å²) in [5.41, 5.74) is -1.82. The number of nitriles is 1. The fourth-order valence-corrected chi connectivity index (χ4v) is 1.56. The van der Waals surface area contributed by atoms with Crippen molar-refractivity contribution in [2.75, 3.05) is 0 Å². The summed E-state index contributed by atoms with van der Waals surface area (Å²) < 4.78 is 38.9. The molecule has 0 aliphatic rings. The third-order valence-corrected chi connectivity index (χ3v) is 2.47. The van der Waals surface area contributed by atoms with Crippen molar-refractivity contribution in [3.63, 3.8) is 0 Å². The first kappa shape index (κ1) is 13.5. The van der Waals surface area contributed by atoms with Gasteiger partial charge < -0.3 is 0 Å². The van der Waals surface area contributed by atoms with Crippen molar-refractivity contribution in [2.24, 2.45) is 0 Å². The van der Waals surface area contributed by atoms with Crippen LogP contribution in [0.1, 0.15) is 11.1 Å². The van der Waals surface area contributed by atoms with Gasteiger partial charge in [0, 0.05) is 0 Å². The van der Waals surface area contributed by atoms with Gasteiger partial charge in [0.05, 0.1) is 27.8 Å². The molecule has 2 rings (SSSR count). The molecular weight excluding hydrogens is 277 g/mol. The van der Waals surface area contributed by atoms with Gasteiger partial charge in [-0.3, -0.25) is 10.1 Å². The molecule has 0 atom stereocenters. The van der Waals surface area contributed by atoms with Crippen LogP contribution in [0.4, 0.5) is 18.9 Å². The van der Waals surface area contributed by atoms with Crippen molar-refractivity contribution in [3.05, 3.63) is 51.8 Å². The first-order valence-corrected chi connectivity index (χ1v) is 5.13. The summed E-state index contributed by atoms with van der Waals surface area (Å²) in [7, 11) is 0. The topological polar surface area (TPSA) is 84.8 Å². The number of hydrogen-bond donors (Lipinski definition) is 0. The van der Waals surface area contributed by atoms with Gasteiger partial charge in [0.15, 0.2) is 0 Å². The molecule has 0 fully saturated rings. The van der Waals surface area contributed by atoms with Crippen LogP contribution >= 0.6 is 0 Å². The van der Waals surface area contributed by atoms with E-state index in [1.54, 1.807) is 0 Å². The zero-order valence-corrected chi connectivity index (χ0v) is 9.63. The number of nitrogens with zero attached hydrogens (tertiary/aromatic N) is 4. The van der Waals surface area contributed by atoms with Crippen LogP contribution in [0.3, 0.4) is 0 Å². The highest BCUT2D eigenvalue weighted by atomic mass is 19.4. The Morgan fingerprint density at radius 2 is 2.10 bits per heavy atom. The lowest BCUT2D eigenvalue weighted by Crippen LogP contribution is -2.08. The molecule has 1 aromatic carbocycles. The van der Waals surface area contributed by atoms with Crippen LogP contribution in [0, 0.1) is 21.4 Å². The van der Waals surface area contributed by atoms with Gasteiger partial charge in [0.25, 0.3) is 0 Å². The van der Waals surface area contributed by atoms with Crippen molar-refractivity contribution < 1.29 is 18.1 Å². The molecule has 0 spiro atoms. The average Bonchev–Trinajstić information content (AvgIpc) is 2.86. The van der Waals surface area contributed by atoms with Crippen LogP contribution in [0.2, 0.25) is 0 Å². The van der Waals surface area contributed by atoms with E-state index in [0.717, 1.165) is 35.3 Å². The predicted octanol–water partition coefficient (Wildman–Crippen LogP) is 2.67. The zero-order valence-electron chi connectivity index (χ0n) is 9.63. The molecule has 1 aromatic heterocycles. The molecule has 0 saturated heterocycles. The van der Waals surface area contributed by atoms with E-state index in [9.17, 15) is 23.3 Å². The lowest BCUT2D eigenvalue weighted by molar-refractivity contribution is -0.384. The van der Waals surface area contributed by atoms with Crippen molar-refractivity contribution >= 4 is 5.69 Å². The van der Waals surface area contributed by atoms with E-state index in [1.807, 2.05) is 0 Å². The molecule has 0 aliphatic heterocycles. The van der Waals surface area contributed by atoms with Gasteiger partial charge >= 0.3 is 11.9 Å². The van der Waals surface area contributed by atoms with E-state index in [2.05, 4.69) is 5.10 Å². The molecule has 0 bridgehead atoms. The summed E-state index contributed by atoms with van der Waals surface area (Å²) in [4.78, 5) is 9.82. The maximum absolute atomic E-state index is 12.6. The number of aromatic nitrogens is 2. The predicted molar refractivity (Wildman–Crippen MR) is 59.9 cm³/mol. The molecule has 102 valence electrons. The zero-order chi connectivity index (χ0) is 14.9. The summed E-state index contributed by atoms with van der Waals surface area (Å²) in [6, 6.07) is 4.24. The van der Waals surface area contributed by atoms with E-state index in [4.69, 9.17) is 5.26 Å². The molecule has 20 heavy (non-hydrogen) atoms. The van der Waals surface area contributed by atoms with Crippen LogP contribution in [-0.2, 0) is 6.18 Å². The van der Waals surface area contributed by atoms with E-state index < -0.39 is 22.2 Å². The Kier molecular flexibility index (Phi) is 3.15. The highest BCUT2D eigenvalue weighted by Crippen LogP contribution is 2.32. The highest BCUT2D eigenvalue weighted by molar-refractivity contribution is 5.48. The molecule has 6 nitrogen and oxygen atoms in total. The van der Waals surface area contributed by atoms with E-state index in [-0.39, 0.29) is 11.4 Å². The Morgan fingerprint density at radius 3 is 2.60 bits per heavy atom. The monoisotopic (exact) mass is 282 g/mol. The van der Waals surface area contributed by atoms with Gasteiger partial charge in [-0.25, -0.2) is 4.68 Å². The second kappa shape index (κ2) is 4.65. The number of alkyl halides is 3. The van der Waals surface area contributed by atoms with Gasteiger partial charge in [-0.1, -0.05) is 0 Å². The van der Waals surface area contributed by atoms with Crippen LogP contribution < -0.4 is 0 Å². The number of nitro groups is 1. The van der Waals surface area contributed by atoms with E-state index in [1.165, 1.54) is 6.07 Å². The van der Waals surface area contributed by atoms with Crippen LogP contribution in [0.25, 0.3) is 5.69 Å². The summed E-state index contributed by atoms with van der Waals surface area (Å²) in [6.07, 6.45) is -2.63. The summed E-state index contributed by atoms with van der Waals surface area (Å²) in [5, 5.41) is 22.9. The molecule has 0 N–H and O–H groups in total. The summed E-state index contributed by atoms with van der Waals surface area (Å²) in [6.45, 7) is 0.